The van der Waals surface area contributed by atoms with Gasteiger partial charge in [0.1, 0.15) is 18.5 Å². The van der Waals surface area contributed by atoms with E-state index in [0.29, 0.717) is 30.7 Å². The molecule has 1 aromatic rings. The molecule has 1 spiro atoms. The Kier molecular flexibility index (Phi) is 5.80. The maximum absolute atomic E-state index is 10.3. The summed E-state index contributed by atoms with van der Waals surface area (Å²) in [5.74, 6) is 0.851. The van der Waals surface area contributed by atoms with E-state index in [1.54, 1.807) is 0 Å². The zero-order chi connectivity index (χ0) is 17.0. The molecule has 2 aliphatic carbocycles. The molecule has 0 aliphatic heterocycles. The largest absolute Gasteiger partial charge is 0.491 e. The fraction of sp³-hybridized carbons (Fsp3) is 0.700. The van der Waals surface area contributed by atoms with Gasteiger partial charge in [0, 0.05) is 24.6 Å². The van der Waals surface area contributed by atoms with Crippen molar-refractivity contribution >= 4 is 0 Å². The second-order valence-electron chi connectivity index (χ2n) is 7.31. The van der Waals surface area contributed by atoms with Gasteiger partial charge in [-0.25, -0.2) is 0 Å². The molecule has 3 rings (SSSR count). The second kappa shape index (κ2) is 7.85. The Morgan fingerprint density at radius 3 is 2.75 bits per heavy atom. The van der Waals surface area contributed by atoms with E-state index in [-0.39, 0.29) is 0 Å². The van der Waals surface area contributed by atoms with E-state index in [1.165, 1.54) is 25.7 Å². The number of aryl methyl sites for hydroxylation is 1. The van der Waals surface area contributed by atoms with Gasteiger partial charge in [0.25, 0.3) is 0 Å². The number of aliphatic hydroxyl groups is 1. The molecule has 134 valence electrons. The van der Waals surface area contributed by atoms with Crippen LogP contribution >= 0.6 is 0 Å². The second-order valence-corrected chi connectivity index (χ2v) is 7.31. The molecule has 0 unspecified atom stereocenters. The number of ether oxygens (including phenoxy) is 2. The van der Waals surface area contributed by atoms with Crippen LogP contribution < -0.4 is 10.1 Å². The number of hydrogen-bond donors (Lipinski definition) is 2. The standard InChI is InChI=1S/C20H31NO3/c1-3-23-19-12-18(20(19)10-6-7-11-20)21-13-16(22)14-24-17-9-5-4-8-15(17)2/h4-5,8-9,16,18-19,21-22H,3,6-7,10-14H2,1-2H3/t16-,18+,19+/m0/s1. The first-order valence-corrected chi connectivity index (χ1v) is 9.37. The molecular weight excluding hydrogens is 302 g/mol. The predicted molar refractivity (Wildman–Crippen MR) is 95.4 cm³/mol. The highest BCUT2D eigenvalue weighted by Crippen LogP contribution is 2.54. The van der Waals surface area contributed by atoms with E-state index in [4.69, 9.17) is 9.47 Å². The van der Waals surface area contributed by atoms with Gasteiger partial charge < -0.3 is 19.9 Å². The number of hydrogen-bond acceptors (Lipinski definition) is 4. The first kappa shape index (κ1) is 17.7. The Morgan fingerprint density at radius 2 is 2.04 bits per heavy atom. The summed E-state index contributed by atoms with van der Waals surface area (Å²) < 4.78 is 11.7. The summed E-state index contributed by atoms with van der Waals surface area (Å²) in [6, 6.07) is 8.39. The van der Waals surface area contributed by atoms with Crippen molar-refractivity contribution in [2.24, 2.45) is 5.41 Å². The zero-order valence-electron chi connectivity index (χ0n) is 15.0. The van der Waals surface area contributed by atoms with Crippen LogP contribution in [0.5, 0.6) is 5.75 Å². The van der Waals surface area contributed by atoms with Gasteiger partial charge in [0.05, 0.1) is 6.10 Å². The minimum atomic E-state index is -0.491. The predicted octanol–water partition coefficient (Wildman–Crippen LogP) is 3.06. The maximum atomic E-state index is 10.3. The van der Waals surface area contributed by atoms with E-state index >= 15 is 0 Å². The first-order valence-electron chi connectivity index (χ1n) is 9.37. The zero-order valence-corrected chi connectivity index (χ0v) is 15.0. The molecule has 0 radical (unpaired) electrons. The number of aliphatic hydroxyl groups excluding tert-OH is 1. The van der Waals surface area contributed by atoms with Gasteiger partial charge in [-0.05, 0) is 44.7 Å². The smallest absolute Gasteiger partial charge is 0.122 e. The number of rotatable bonds is 8. The lowest BCUT2D eigenvalue weighted by Crippen LogP contribution is -2.63. The van der Waals surface area contributed by atoms with Crippen molar-refractivity contribution in [2.45, 2.75) is 64.2 Å². The molecule has 2 saturated carbocycles. The highest BCUT2D eigenvalue weighted by atomic mass is 16.5. The molecule has 0 aromatic heterocycles. The van der Waals surface area contributed by atoms with E-state index in [9.17, 15) is 5.11 Å². The van der Waals surface area contributed by atoms with Gasteiger partial charge in [-0.3, -0.25) is 0 Å². The average Bonchev–Trinajstić information content (AvgIpc) is 3.09. The Balaban J connectivity index is 1.45. The summed E-state index contributed by atoms with van der Waals surface area (Å²) in [6.45, 7) is 5.80. The van der Waals surface area contributed by atoms with Crippen LogP contribution in [0.1, 0.15) is 44.6 Å². The van der Waals surface area contributed by atoms with Gasteiger partial charge in [0.2, 0.25) is 0 Å². The van der Waals surface area contributed by atoms with Gasteiger partial charge in [-0.15, -0.1) is 0 Å². The Bertz CT molecular complexity index is 527. The SMILES string of the molecule is CCO[C@@H]1C[C@@H](NC[C@H](O)COc2ccccc2C)C12CCCC2. The summed E-state index contributed by atoms with van der Waals surface area (Å²) >= 11 is 0. The lowest BCUT2D eigenvalue weighted by molar-refractivity contribution is -0.131. The van der Waals surface area contributed by atoms with E-state index in [2.05, 4.69) is 12.2 Å². The van der Waals surface area contributed by atoms with Gasteiger partial charge in [-0.2, -0.15) is 0 Å². The normalized spacial score (nSPS) is 26.3. The van der Waals surface area contributed by atoms with Gasteiger partial charge >= 0.3 is 0 Å². The van der Waals surface area contributed by atoms with Crippen LogP contribution in [0.25, 0.3) is 0 Å². The van der Waals surface area contributed by atoms with Crippen molar-refractivity contribution in [2.75, 3.05) is 19.8 Å². The lowest BCUT2D eigenvalue weighted by Gasteiger charge is -2.54. The van der Waals surface area contributed by atoms with Crippen molar-refractivity contribution in [3.05, 3.63) is 29.8 Å². The summed E-state index contributed by atoms with van der Waals surface area (Å²) in [7, 11) is 0. The summed E-state index contributed by atoms with van der Waals surface area (Å²) in [5.41, 5.74) is 1.41. The molecule has 3 atom stereocenters. The van der Waals surface area contributed by atoms with E-state index in [1.807, 2.05) is 31.2 Å². The van der Waals surface area contributed by atoms with Gasteiger partial charge in [0.15, 0.2) is 0 Å². The van der Waals surface area contributed by atoms with E-state index in [0.717, 1.165) is 24.3 Å². The van der Waals surface area contributed by atoms with Crippen LogP contribution in [0, 0.1) is 12.3 Å². The Hall–Kier alpha value is -1.10. The summed E-state index contributed by atoms with van der Waals surface area (Å²) in [6.07, 6.45) is 6.11. The van der Waals surface area contributed by atoms with Crippen LogP contribution in [0.3, 0.4) is 0 Å². The molecule has 24 heavy (non-hydrogen) atoms. The van der Waals surface area contributed by atoms with Crippen LogP contribution in [0.15, 0.2) is 24.3 Å². The topological polar surface area (TPSA) is 50.7 Å². The molecule has 2 aliphatic rings. The third-order valence-corrected chi connectivity index (χ3v) is 5.81. The third kappa shape index (κ3) is 3.61. The van der Waals surface area contributed by atoms with Crippen molar-refractivity contribution in [3.8, 4) is 5.75 Å². The molecule has 0 amide bonds. The molecule has 2 N–H and O–H groups in total. The average molecular weight is 333 g/mol. The maximum Gasteiger partial charge on any atom is 0.122 e. The molecular formula is C20H31NO3. The van der Waals surface area contributed by atoms with Crippen molar-refractivity contribution in [3.63, 3.8) is 0 Å². The molecule has 0 bridgehead atoms. The molecule has 4 nitrogen and oxygen atoms in total. The van der Waals surface area contributed by atoms with Crippen LogP contribution in [0.4, 0.5) is 0 Å². The lowest BCUT2D eigenvalue weighted by atomic mass is 9.60. The Labute approximate surface area is 145 Å². The quantitative estimate of drug-likeness (QED) is 0.768. The van der Waals surface area contributed by atoms with Crippen LogP contribution in [0.2, 0.25) is 0 Å². The molecule has 0 heterocycles. The summed E-state index contributed by atoms with van der Waals surface area (Å²) in [4.78, 5) is 0. The van der Waals surface area contributed by atoms with Crippen molar-refractivity contribution in [1.82, 2.24) is 5.32 Å². The molecule has 4 heteroatoms. The van der Waals surface area contributed by atoms with Crippen LogP contribution in [-0.4, -0.2) is 43.1 Å². The Morgan fingerprint density at radius 1 is 1.29 bits per heavy atom. The number of para-hydroxylation sites is 1. The fourth-order valence-corrected chi connectivity index (χ4v) is 4.41. The first-order chi connectivity index (χ1) is 11.7. The number of nitrogens with one attached hydrogen (secondary N) is 1. The van der Waals surface area contributed by atoms with E-state index < -0.39 is 6.10 Å². The minimum absolute atomic E-state index is 0.312. The highest BCUT2D eigenvalue weighted by molar-refractivity contribution is 5.31. The third-order valence-electron chi connectivity index (χ3n) is 5.81. The summed E-state index contributed by atoms with van der Waals surface area (Å²) in [5, 5.41) is 13.8. The minimum Gasteiger partial charge on any atom is -0.491 e. The van der Waals surface area contributed by atoms with Crippen molar-refractivity contribution < 1.29 is 14.6 Å². The van der Waals surface area contributed by atoms with Crippen LogP contribution in [-0.2, 0) is 4.74 Å². The monoisotopic (exact) mass is 333 g/mol. The fourth-order valence-electron chi connectivity index (χ4n) is 4.41. The van der Waals surface area contributed by atoms with Gasteiger partial charge in [-0.1, -0.05) is 31.0 Å². The molecule has 1 aromatic carbocycles. The van der Waals surface area contributed by atoms with Crippen molar-refractivity contribution in [1.29, 1.82) is 0 Å². The molecule has 0 saturated heterocycles. The number of benzene rings is 1. The molecule has 2 fully saturated rings. The highest BCUT2D eigenvalue weighted by Gasteiger charge is 2.56.